The third kappa shape index (κ3) is 8.03. The molecule has 0 aliphatic heterocycles. The lowest BCUT2D eigenvalue weighted by Crippen LogP contribution is -2.44. The maximum atomic E-state index is 5.42. The van der Waals surface area contributed by atoms with Crippen molar-refractivity contribution in [1.29, 1.82) is 0 Å². The molecule has 0 aromatic carbocycles. The van der Waals surface area contributed by atoms with E-state index in [1.165, 1.54) is 12.8 Å². The lowest BCUT2D eigenvalue weighted by Gasteiger charge is -2.33. The molecule has 0 aromatic heterocycles. The van der Waals surface area contributed by atoms with Crippen molar-refractivity contribution in [3.8, 4) is 0 Å². The van der Waals surface area contributed by atoms with Crippen molar-refractivity contribution < 1.29 is 0 Å². The van der Waals surface area contributed by atoms with E-state index < -0.39 is 0 Å². The van der Waals surface area contributed by atoms with Crippen LogP contribution in [0.15, 0.2) is 0 Å². The molecule has 0 amide bonds. The molecule has 4 N–H and O–H groups in total. The third-order valence-electron chi connectivity index (χ3n) is 3.66. The molecular formula is C14H34N4. The van der Waals surface area contributed by atoms with Crippen LogP contribution in [-0.4, -0.2) is 56.3 Å². The van der Waals surface area contributed by atoms with Gasteiger partial charge in [0.2, 0.25) is 0 Å². The van der Waals surface area contributed by atoms with Crippen LogP contribution in [0.5, 0.6) is 0 Å². The predicted molar refractivity (Wildman–Crippen MR) is 81.0 cm³/mol. The summed E-state index contributed by atoms with van der Waals surface area (Å²) in [5.41, 5.74) is 5.42. The first-order valence-electron chi connectivity index (χ1n) is 7.54. The minimum atomic E-state index is 0.678. The molecule has 0 aliphatic carbocycles. The molecule has 4 nitrogen and oxygen atoms in total. The third-order valence-corrected chi connectivity index (χ3v) is 3.66. The van der Waals surface area contributed by atoms with Crippen LogP contribution < -0.4 is 16.4 Å². The van der Waals surface area contributed by atoms with Gasteiger partial charge >= 0.3 is 0 Å². The number of rotatable bonds is 12. The molecule has 18 heavy (non-hydrogen) atoms. The van der Waals surface area contributed by atoms with Crippen molar-refractivity contribution >= 4 is 0 Å². The smallest absolute Gasteiger partial charge is 0.0112 e. The Hall–Kier alpha value is -0.160. The van der Waals surface area contributed by atoms with Crippen molar-refractivity contribution in [3.05, 3.63) is 0 Å². The predicted octanol–water partition coefficient (Wildman–Crippen LogP) is 1.02. The van der Waals surface area contributed by atoms with E-state index in [0.717, 1.165) is 39.3 Å². The van der Waals surface area contributed by atoms with Gasteiger partial charge in [0.1, 0.15) is 0 Å². The molecule has 0 aromatic rings. The lowest BCUT2D eigenvalue weighted by atomic mass is 10.1. The van der Waals surface area contributed by atoms with E-state index in [9.17, 15) is 0 Å². The Labute approximate surface area is 114 Å². The van der Waals surface area contributed by atoms with Crippen molar-refractivity contribution in [2.75, 3.05) is 39.3 Å². The molecule has 2 atom stereocenters. The van der Waals surface area contributed by atoms with Crippen LogP contribution in [0.2, 0.25) is 0 Å². The summed E-state index contributed by atoms with van der Waals surface area (Å²) < 4.78 is 0. The van der Waals surface area contributed by atoms with Gasteiger partial charge in [-0.2, -0.15) is 0 Å². The summed E-state index contributed by atoms with van der Waals surface area (Å²) in [6, 6.07) is 1.36. The highest BCUT2D eigenvalue weighted by Crippen LogP contribution is 2.10. The van der Waals surface area contributed by atoms with Crippen LogP contribution >= 0.6 is 0 Å². The molecule has 0 radical (unpaired) electrons. The first-order valence-corrected chi connectivity index (χ1v) is 7.54. The first kappa shape index (κ1) is 17.8. The van der Waals surface area contributed by atoms with Gasteiger partial charge in [-0.1, -0.05) is 13.8 Å². The average molecular weight is 258 g/mol. The Bertz CT molecular complexity index is 165. The van der Waals surface area contributed by atoms with Gasteiger partial charge in [-0.05, 0) is 26.7 Å². The van der Waals surface area contributed by atoms with E-state index in [1.54, 1.807) is 0 Å². The second kappa shape index (κ2) is 11.9. The second-order valence-electron chi connectivity index (χ2n) is 5.04. The Morgan fingerprint density at radius 3 is 1.83 bits per heavy atom. The minimum Gasteiger partial charge on any atom is -0.329 e. The Kier molecular flexibility index (Phi) is 11.8. The molecule has 0 heterocycles. The van der Waals surface area contributed by atoms with E-state index in [2.05, 4.69) is 43.2 Å². The van der Waals surface area contributed by atoms with Crippen LogP contribution in [0.4, 0.5) is 0 Å². The van der Waals surface area contributed by atoms with Gasteiger partial charge in [0, 0.05) is 51.4 Å². The Morgan fingerprint density at radius 1 is 0.889 bits per heavy atom. The Morgan fingerprint density at radius 2 is 1.39 bits per heavy atom. The molecular weight excluding hydrogens is 224 g/mol. The summed E-state index contributed by atoms with van der Waals surface area (Å²) >= 11 is 0. The maximum Gasteiger partial charge on any atom is 0.0112 e. The summed E-state index contributed by atoms with van der Waals surface area (Å²) in [6.07, 6.45) is 2.45. The fourth-order valence-electron chi connectivity index (χ4n) is 2.08. The molecule has 2 unspecified atom stereocenters. The van der Waals surface area contributed by atoms with E-state index in [4.69, 9.17) is 5.73 Å². The molecule has 0 fully saturated rings. The van der Waals surface area contributed by atoms with Crippen molar-refractivity contribution in [2.24, 2.45) is 5.73 Å². The molecule has 0 spiro atoms. The molecule has 4 heteroatoms. The average Bonchev–Trinajstić information content (AvgIpc) is 2.40. The number of hydrogen-bond acceptors (Lipinski definition) is 4. The molecule has 0 bridgehead atoms. The van der Waals surface area contributed by atoms with Crippen LogP contribution in [0.3, 0.4) is 0 Å². The largest absolute Gasteiger partial charge is 0.329 e. The molecule has 110 valence electrons. The van der Waals surface area contributed by atoms with Gasteiger partial charge in [0.25, 0.3) is 0 Å². The van der Waals surface area contributed by atoms with Crippen LogP contribution in [-0.2, 0) is 0 Å². The summed E-state index contributed by atoms with van der Waals surface area (Å²) in [5, 5.41) is 6.78. The molecule has 0 saturated carbocycles. The summed E-state index contributed by atoms with van der Waals surface area (Å²) in [4.78, 5) is 2.61. The fraction of sp³-hybridized carbons (Fsp3) is 1.00. The second-order valence-corrected chi connectivity index (χ2v) is 5.04. The van der Waals surface area contributed by atoms with E-state index in [-0.39, 0.29) is 0 Å². The number of nitrogens with one attached hydrogen (secondary N) is 2. The van der Waals surface area contributed by atoms with Gasteiger partial charge in [-0.25, -0.2) is 0 Å². The van der Waals surface area contributed by atoms with Crippen LogP contribution in [0, 0.1) is 0 Å². The van der Waals surface area contributed by atoms with E-state index in [1.807, 2.05) is 0 Å². The van der Waals surface area contributed by atoms with Gasteiger partial charge in [0.05, 0.1) is 0 Å². The van der Waals surface area contributed by atoms with Crippen molar-refractivity contribution in [2.45, 2.75) is 52.6 Å². The number of nitrogens with two attached hydrogens (primary N) is 1. The van der Waals surface area contributed by atoms with Crippen molar-refractivity contribution in [3.63, 3.8) is 0 Å². The SMILES string of the molecule is CCC(C)N(CCNCCNCCN)C(C)CC. The highest BCUT2D eigenvalue weighted by Gasteiger charge is 2.16. The fourth-order valence-corrected chi connectivity index (χ4v) is 2.08. The van der Waals surface area contributed by atoms with Gasteiger partial charge in [0.15, 0.2) is 0 Å². The summed E-state index contributed by atoms with van der Waals surface area (Å²) in [7, 11) is 0. The zero-order valence-electron chi connectivity index (χ0n) is 12.8. The minimum absolute atomic E-state index is 0.678. The normalized spacial score (nSPS) is 15.0. The van der Waals surface area contributed by atoms with Crippen molar-refractivity contribution in [1.82, 2.24) is 15.5 Å². The van der Waals surface area contributed by atoms with Gasteiger partial charge < -0.3 is 16.4 Å². The molecule has 0 saturated heterocycles. The Balaban J connectivity index is 3.70. The molecule has 0 rings (SSSR count). The number of nitrogens with zero attached hydrogens (tertiary/aromatic N) is 1. The van der Waals surface area contributed by atoms with E-state index in [0.29, 0.717) is 12.1 Å². The quantitative estimate of drug-likeness (QED) is 0.458. The van der Waals surface area contributed by atoms with Crippen LogP contribution in [0.25, 0.3) is 0 Å². The summed E-state index contributed by atoms with van der Waals surface area (Å²) in [6.45, 7) is 15.1. The first-order chi connectivity index (χ1) is 8.67. The highest BCUT2D eigenvalue weighted by atomic mass is 15.2. The van der Waals surface area contributed by atoms with Crippen LogP contribution in [0.1, 0.15) is 40.5 Å². The maximum absolute atomic E-state index is 5.42. The van der Waals surface area contributed by atoms with E-state index >= 15 is 0 Å². The summed E-state index contributed by atoms with van der Waals surface area (Å²) in [5.74, 6) is 0. The lowest BCUT2D eigenvalue weighted by molar-refractivity contribution is 0.147. The standard InChI is InChI=1S/C14H34N4/c1-5-13(3)18(14(4)6-2)12-11-17-10-9-16-8-7-15/h13-14,16-17H,5-12,15H2,1-4H3. The van der Waals surface area contributed by atoms with Gasteiger partial charge in [-0.15, -0.1) is 0 Å². The molecule has 0 aliphatic rings. The zero-order chi connectivity index (χ0) is 13.8. The topological polar surface area (TPSA) is 53.3 Å². The highest BCUT2D eigenvalue weighted by molar-refractivity contribution is 4.72. The number of hydrogen-bond donors (Lipinski definition) is 3. The zero-order valence-corrected chi connectivity index (χ0v) is 12.8. The monoisotopic (exact) mass is 258 g/mol. The van der Waals surface area contributed by atoms with Gasteiger partial charge in [-0.3, -0.25) is 4.90 Å².